The van der Waals surface area contributed by atoms with E-state index in [0.29, 0.717) is 13.1 Å². The lowest BCUT2D eigenvalue weighted by Crippen LogP contribution is -2.32. The second-order valence-corrected chi connectivity index (χ2v) is 5.06. The number of aliphatic imine (C=N–C) groups is 1. The summed E-state index contributed by atoms with van der Waals surface area (Å²) in [6.07, 6.45) is 2.98. The zero-order chi connectivity index (χ0) is 16.5. The molecule has 0 bridgehead atoms. The van der Waals surface area contributed by atoms with Gasteiger partial charge in [-0.3, -0.25) is 19.3 Å². The molecule has 0 radical (unpaired) electrons. The Balaban J connectivity index is 2.90. The number of aromatic amines is 1. The van der Waals surface area contributed by atoms with Gasteiger partial charge in [0.1, 0.15) is 5.56 Å². The number of hydrogen-bond acceptors (Lipinski definition) is 5. The van der Waals surface area contributed by atoms with Gasteiger partial charge >= 0.3 is 5.69 Å². The van der Waals surface area contributed by atoms with E-state index < -0.39 is 11.2 Å². The maximum atomic E-state index is 11.8. The summed E-state index contributed by atoms with van der Waals surface area (Å²) < 4.78 is 1.18. The first-order valence-corrected chi connectivity index (χ1v) is 7.83. The van der Waals surface area contributed by atoms with Gasteiger partial charge in [0.25, 0.3) is 5.56 Å². The first kappa shape index (κ1) is 18.2. The molecule has 0 saturated heterocycles. The van der Waals surface area contributed by atoms with Crippen LogP contribution in [0.2, 0.25) is 0 Å². The molecule has 0 aromatic carbocycles. The van der Waals surface area contributed by atoms with Crippen LogP contribution in [-0.4, -0.2) is 52.0 Å². The lowest BCUT2D eigenvalue weighted by Gasteiger charge is -2.15. The van der Waals surface area contributed by atoms with Gasteiger partial charge in [-0.2, -0.15) is 0 Å². The van der Waals surface area contributed by atoms with Crippen LogP contribution in [0.4, 0.5) is 0 Å². The maximum absolute atomic E-state index is 11.8. The highest BCUT2D eigenvalue weighted by atomic mass is 16.3. The first-order chi connectivity index (χ1) is 10.5. The summed E-state index contributed by atoms with van der Waals surface area (Å²) in [5, 5.41) is 10.1. The molecular formula is C15H26N4O3. The number of unbranched alkanes of at least 4 members (excludes halogenated alkanes) is 1. The van der Waals surface area contributed by atoms with Gasteiger partial charge in [-0.05, 0) is 19.5 Å². The predicted octanol–water partition coefficient (Wildman–Crippen LogP) is 0.803. The molecule has 0 saturated carbocycles. The lowest BCUT2D eigenvalue weighted by molar-refractivity contribution is 0.313. The van der Waals surface area contributed by atoms with Gasteiger partial charge in [-0.1, -0.05) is 27.2 Å². The van der Waals surface area contributed by atoms with E-state index in [-0.39, 0.29) is 11.4 Å². The summed E-state index contributed by atoms with van der Waals surface area (Å²) in [6.45, 7) is 9.73. The van der Waals surface area contributed by atoms with E-state index in [0.717, 1.165) is 32.5 Å². The molecule has 0 fully saturated rings. The number of aromatic hydroxyl groups is 1. The number of nitrogens with zero attached hydrogens (tertiary/aromatic N) is 3. The lowest BCUT2D eigenvalue weighted by atomic mass is 10.3. The highest BCUT2D eigenvalue weighted by Crippen LogP contribution is 2.08. The standard InChI is InChI=1S/C15H26N4O3/c1-4-7-9-19-14(21)12(13(20)17-15(19)22)11-16-8-10-18(5-2)6-3/h11,21H,4-10H2,1-3H3,(H,17,20,22). The van der Waals surface area contributed by atoms with Crippen LogP contribution in [0.15, 0.2) is 14.6 Å². The summed E-state index contributed by atoms with van der Waals surface area (Å²) >= 11 is 0. The van der Waals surface area contributed by atoms with E-state index in [1.807, 2.05) is 6.92 Å². The Kier molecular flexibility index (Phi) is 7.59. The molecule has 124 valence electrons. The Hall–Kier alpha value is -1.89. The predicted molar refractivity (Wildman–Crippen MR) is 88.1 cm³/mol. The molecule has 2 N–H and O–H groups in total. The molecule has 0 aliphatic heterocycles. The third kappa shape index (κ3) is 4.84. The molecule has 1 aromatic rings. The van der Waals surface area contributed by atoms with Crippen LogP contribution in [0.1, 0.15) is 39.2 Å². The Labute approximate surface area is 130 Å². The molecule has 7 nitrogen and oxygen atoms in total. The van der Waals surface area contributed by atoms with Crippen LogP contribution < -0.4 is 11.2 Å². The van der Waals surface area contributed by atoms with Crippen LogP contribution in [-0.2, 0) is 6.54 Å². The molecule has 1 aromatic heterocycles. The molecular weight excluding hydrogens is 284 g/mol. The third-order valence-corrected chi connectivity index (χ3v) is 3.60. The quantitative estimate of drug-likeness (QED) is 0.660. The van der Waals surface area contributed by atoms with E-state index in [9.17, 15) is 14.7 Å². The molecule has 0 spiro atoms. The summed E-state index contributed by atoms with van der Waals surface area (Å²) in [6, 6.07) is 0. The van der Waals surface area contributed by atoms with Crippen molar-refractivity contribution in [2.75, 3.05) is 26.2 Å². The van der Waals surface area contributed by atoms with Crippen LogP contribution in [0.3, 0.4) is 0 Å². The fourth-order valence-corrected chi connectivity index (χ4v) is 2.11. The molecule has 22 heavy (non-hydrogen) atoms. The SMILES string of the molecule is CCCCn1c(O)c(C=NCCN(CC)CC)c(=O)[nH]c1=O. The Morgan fingerprint density at radius 1 is 1.27 bits per heavy atom. The smallest absolute Gasteiger partial charge is 0.331 e. The second kappa shape index (κ2) is 9.19. The number of likely N-dealkylation sites (N-methyl/N-ethyl adjacent to an activating group) is 1. The van der Waals surface area contributed by atoms with E-state index in [1.54, 1.807) is 0 Å². The van der Waals surface area contributed by atoms with Crippen molar-refractivity contribution in [3.8, 4) is 5.88 Å². The first-order valence-electron chi connectivity index (χ1n) is 7.83. The van der Waals surface area contributed by atoms with Crippen LogP contribution in [0, 0.1) is 0 Å². The Bertz CT molecular complexity index is 600. The van der Waals surface area contributed by atoms with E-state index in [2.05, 4.69) is 28.7 Å². The minimum atomic E-state index is -0.609. The fourth-order valence-electron chi connectivity index (χ4n) is 2.11. The topological polar surface area (TPSA) is 90.7 Å². The van der Waals surface area contributed by atoms with Crippen molar-refractivity contribution in [1.82, 2.24) is 14.5 Å². The summed E-state index contributed by atoms with van der Waals surface area (Å²) in [5.74, 6) is -0.311. The molecule has 0 aliphatic rings. The van der Waals surface area contributed by atoms with Crippen molar-refractivity contribution in [3.63, 3.8) is 0 Å². The highest BCUT2D eigenvalue weighted by molar-refractivity contribution is 5.81. The van der Waals surface area contributed by atoms with Gasteiger partial charge in [0, 0.05) is 19.3 Å². The minimum Gasteiger partial charge on any atom is -0.494 e. The largest absolute Gasteiger partial charge is 0.494 e. The summed E-state index contributed by atoms with van der Waals surface area (Å²) in [5.41, 5.74) is -1.16. The number of nitrogens with one attached hydrogen (secondary N) is 1. The molecule has 1 rings (SSSR count). The number of H-pyrrole nitrogens is 1. The molecule has 0 atom stereocenters. The molecule has 0 unspecified atom stereocenters. The van der Waals surface area contributed by atoms with E-state index >= 15 is 0 Å². The van der Waals surface area contributed by atoms with Gasteiger partial charge < -0.3 is 10.0 Å². The van der Waals surface area contributed by atoms with Gasteiger partial charge in [0.2, 0.25) is 5.88 Å². The minimum absolute atomic E-state index is 0.0373. The van der Waals surface area contributed by atoms with Crippen LogP contribution in [0.5, 0.6) is 5.88 Å². The maximum Gasteiger partial charge on any atom is 0.331 e. The van der Waals surface area contributed by atoms with Crippen molar-refractivity contribution in [3.05, 3.63) is 26.4 Å². The number of hydrogen-bond donors (Lipinski definition) is 2. The van der Waals surface area contributed by atoms with Crippen molar-refractivity contribution < 1.29 is 5.11 Å². The van der Waals surface area contributed by atoms with E-state index in [1.165, 1.54) is 10.8 Å². The Morgan fingerprint density at radius 3 is 2.55 bits per heavy atom. The van der Waals surface area contributed by atoms with Crippen molar-refractivity contribution >= 4 is 6.21 Å². The molecule has 1 heterocycles. The summed E-state index contributed by atoms with van der Waals surface area (Å²) in [7, 11) is 0. The van der Waals surface area contributed by atoms with Crippen molar-refractivity contribution in [1.29, 1.82) is 0 Å². The van der Waals surface area contributed by atoms with Crippen molar-refractivity contribution in [2.45, 2.75) is 40.2 Å². The van der Waals surface area contributed by atoms with Crippen LogP contribution in [0.25, 0.3) is 0 Å². The van der Waals surface area contributed by atoms with Gasteiger partial charge in [-0.25, -0.2) is 4.79 Å². The zero-order valence-electron chi connectivity index (χ0n) is 13.6. The highest BCUT2D eigenvalue weighted by Gasteiger charge is 2.11. The molecule has 0 amide bonds. The number of aromatic nitrogens is 2. The summed E-state index contributed by atoms with van der Waals surface area (Å²) in [4.78, 5) is 32.1. The van der Waals surface area contributed by atoms with Gasteiger partial charge in [0.15, 0.2) is 0 Å². The second-order valence-electron chi connectivity index (χ2n) is 5.06. The monoisotopic (exact) mass is 310 g/mol. The van der Waals surface area contributed by atoms with Gasteiger partial charge in [0.05, 0.1) is 6.54 Å². The zero-order valence-corrected chi connectivity index (χ0v) is 13.6. The van der Waals surface area contributed by atoms with Crippen molar-refractivity contribution in [2.24, 2.45) is 4.99 Å². The van der Waals surface area contributed by atoms with Crippen LogP contribution >= 0.6 is 0 Å². The third-order valence-electron chi connectivity index (χ3n) is 3.60. The van der Waals surface area contributed by atoms with Gasteiger partial charge in [-0.15, -0.1) is 0 Å². The molecule has 7 heteroatoms. The average Bonchev–Trinajstić information content (AvgIpc) is 2.50. The number of rotatable bonds is 9. The average molecular weight is 310 g/mol. The fraction of sp³-hybridized carbons (Fsp3) is 0.667. The van der Waals surface area contributed by atoms with E-state index in [4.69, 9.17) is 0 Å². The Morgan fingerprint density at radius 2 is 1.95 bits per heavy atom. The normalized spacial score (nSPS) is 11.6. The molecule has 0 aliphatic carbocycles.